The zero-order chi connectivity index (χ0) is 33.0. The first-order valence-electron chi connectivity index (χ1n) is 16.6. The third-order valence-corrected chi connectivity index (χ3v) is 9.35. The molecule has 0 saturated heterocycles. The average Bonchev–Trinajstić information content (AvgIpc) is 3.76. The van der Waals surface area contributed by atoms with Gasteiger partial charge in [-0.1, -0.05) is 133 Å². The van der Waals surface area contributed by atoms with Crippen molar-refractivity contribution in [1.82, 2.24) is 15.0 Å². The Morgan fingerprint density at radius 2 is 0.840 bits per heavy atom. The number of fused-ring (bicyclic) bond motifs is 6. The largest absolute Gasteiger partial charge is 0.456 e. The molecular formula is C45H27N3O2. The van der Waals surface area contributed by atoms with Crippen molar-refractivity contribution in [1.29, 1.82) is 0 Å². The van der Waals surface area contributed by atoms with E-state index in [9.17, 15) is 0 Å². The Labute approximate surface area is 287 Å². The molecule has 50 heavy (non-hydrogen) atoms. The Kier molecular flexibility index (Phi) is 6.42. The molecule has 0 amide bonds. The summed E-state index contributed by atoms with van der Waals surface area (Å²) in [5.41, 5.74) is 10.4. The monoisotopic (exact) mass is 641 g/mol. The summed E-state index contributed by atoms with van der Waals surface area (Å²) in [7, 11) is 0. The summed E-state index contributed by atoms with van der Waals surface area (Å²) in [6, 6.07) is 55.7. The van der Waals surface area contributed by atoms with E-state index in [1.807, 2.05) is 78.9 Å². The number of aromatic nitrogens is 3. The molecule has 0 spiro atoms. The van der Waals surface area contributed by atoms with E-state index in [0.29, 0.717) is 17.5 Å². The maximum absolute atomic E-state index is 6.57. The van der Waals surface area contributed by atoms with E-state index in [4.69, 9.17) is 23.8 Å². The van der Waals surface area contributed by atoms with Gasteiger partial charge in [0.1, 0.15) is 22.3 Å². The summed E-state index contributed by atoms with van der Waals surface area (Å²) in [4.78, 5) is 14.7. The third kappa shape index (κ3) is 4.67. The maximum atomic E-state index is 6.57. The second kappa shape index (κ2) is 11.4. The van der Waals surface area contributed by atoms with E-state index < -0.39 is 0 Å². The van der Waals surface area contributed by atoms with Crippen LogP contribution in [-0.2, 0) is 0 Å². The van der Waals surface area contributed by atoms with Crippen LogP contribution in [0, 0.1) is 0 Å². The molecular weight excluding hydrogens is 615 g/mol. The zero-order valence-corrected chi connectivity index (χ0v) is 26.7. The lowest BCUT2D eigenvalue weighted by Crippen LogP contribution is -2.00. The predicted molar refractivity (Wildman–Crippen MR) is 202 cm³/mol. The van der Waals surface area contributed by atoms with E-state index in [2.05, 4.69) is 84.9 Å². The Bertz CT molecular complexity index is 2800. The van der Waals surface area contributed by atoms with Gasteiger partial charge < -0.3 is 8.83 Å². The third-order valence-electron chi connectivity index (χ3n) is 9.35. The molecule has 0 N–H and O–H groups in total. The van der Waals surface area contributed by atoms with Crippen molar-refractivity contribution < 1.29 is 8.83 Å². The van der Waals surface area contributed by atoms with Gasteiger partial charge in [-0.15, -0.1) is 0 Å². The van der Waals surface area contributed by atoms with Crippen LogP contribution in [-0.4, -0.2) is 15.0 Å². The number of rotatable bonds is 5. The summed E-state index contributed by atoms with van der Waals surface area (Å²) in [6.07, 6.45) is 0. The Hall–Kier alpha value is -6.85. The molecule has 0 radical (unpaired) electrons. The minimum absolute atomic E-state index is 0.592. The average molecular weight is 642 g/mol. The molecule has 7 aromatic carbocycles. The van der Waals surface area contributed by atoms with Crippen LogP contribution in [0.3, 0.4) is 0 Å². The van der Waals surface area contributed by atoms with Gasteiger partial charge >= 0.3 is 0 Å². The van der Waals surface area contributed by atoms with E-state index in [0.717, 1.165) is 82.8 Å². The first-order valence-corrected chi connectivity index (χ1v) is 16.6. The van der Waals surface area contributed by atoms with Crippen LogP contribution in [0.2, 0.25) is 0 Å². The molecule has 10 rings (SSSR count). The highest BCUT2D eigenvalue weighted by Crippen LogP contribution is 2.42. The first kappa shape index (κ1) is 28.2. The summed E-state index contributed by atoms with van der Waals surface area (Å²) >= 11 is 0. The summed E-state index contributed by atoms with van der Waals surface area (Å²) in [6.45, 7) is 0. The van der Waals surface area contributed by atoms with Gasteiger partial charge in [0.25, 0.3) is 0 Å². The molecule has 5 nitrogen and oxygen atoms in total. The second-order valence-electron chi connectivity index (χ2n) is 12.4. The lowest BCUT2D eigenvalue weighted by molar-refractivity contribution is 0.668. The quantitative estimate of drug-likeness (QED) is 0.187. The van der Waals surface area contributed by atoms with Crippen molar-refractivity contribution in [3.8, 4) is 56.4 Å². The lowest BCUT2D eigenvalue weighted by atomic mass is 9.97. The summed E-state index contributed by atoms with van der Waals surface area (Å²) < 4.78 is 13.1. The van der Waals surface area contributed by atoms with Gasteiger partial charge in [0, 0.05) is 43.8 Å². The molecule has 0 unspecified atom stereocenters. The topological polar surface area (TPSA) is 65.0 Å². The van der Waals surface area contributed by atoms with Crippen LogP contribution in [0.5, 0.6) is 0 Å². The van der Waals surface area contributed by atoms with E-state index in [1.165, 1.54) is 0 Å². The Balaban J connectivity index is 1.09. The Morgan fingerprint density at radius 3 is 1.48 bits per heavy atom. The Morgan fingerprint density at radius 1 is 0.320 bits per heavy atom. The van der Waals surface area contributed by atoms with Gasteiger partial charge in [0.15, 0.2) is 17.5 Å². The molecule has 0 atom stereocenters. The molecule has 3 heterocycles. The molecule has 0 bridgehead atoms. The molecule has 0 aliphatic heterocycles. The molecule has 5 heteroatoms. The smallest absolute Gasteiger partial charge is 0.164 e. The molecule has 234 valence electrons. The zero-order valence-electron chi connectivity index (χ0n) is 26.7. The summed E-state index contributed by atoms with van der Waals surface area (Å²) in [5.74, 6) is 1.84. The van der Waals surface area contributed by atoms with Crippen molar-refractivity contribution in [2.24, 2.45) is 0 Å². The van der Waals surface area contributed by atoms with E-state index in [-0.39, 0.29) is 0 Å². The summed E-state index contributed by atoms with van der Waals surface area (Å²) in [5, 5.41) is 4.27. The number of nitrogens with zero attached hydrogens (tertiary/aromatic N) is 3. The lowest BCUT2D eigenvalue weighted by Gasteiger charge is -2.08. The van der Waals surface area contributed by atoms with Crippen molar-refractivity contribution >= 4 is 43.9 Å². The fourth-order valence-electron chi connectivity index (χ4n) is 6.95. The number of hydrogen-bond acceptors (Lipinski definition) is 5. The number of furan rings is 2. The predicted octanol–water partition coefficient (Wildman–Crippen LogP) is 12.0. The fourth-order valence-corrected chi connectivity index (χ4v) is 6.95. The van der Waals surface area contributed by atoms with Crippen LogP contribution >= 0.6 is 0 Å². The maximum Gasteiger partial charge on any atom is 0.164 e. The van der Waals surface area contributed by atoms with Gasteiger partial charge in [-0.05, 0) is 47.0 Å². The molecule has 0 aliphatic rings. The molecule has 10 aromatic rings. The van der Waals surface area contributed by atoms with Crippen molar-refractivity contribution in [3.05, 3.63) is 164 Å². The SMILES string of the molecule is c1ccc(-c2nc(-c3ccccc3)nc(-c3ccc4c(c3)oc3cc(-c5cccc6oc7c(-c8ccccc8)cccc7c56)ccc34)n2)cc1. The number of para-hydroxylation sites is 1. The van der Waals surface area contributed by atoms with Crippen molar-refractivity contribution in [2.75, 3.05) is 0 Å². The normalized spacial score (nSPS) is 11.6. The van der Waals surface area contributed by atoms with Crippen LogP contribution in [0.15, 0.2) is 173 Å². The molecule has 0 fully saturated rings. The van der Waals surface area contributed by atoms with Crippen LogP contribution in [0.25, 0.3) is 100 Å². The van der Waals surface area contributed by atoms with Crippen molar-refractivity contribution in [3.63, 3.8) is 0 Å². The minimum Gasteiger partial charge on any atom is -0.456 e. The van der Waals surface area contributed by atoms with Crippen LogP contribution in [0.4, 0.5) is 0 Å². The van der Waals surface area contributed by atoms with Crippen molar-refractivity contribution in [2.45, 2.75) is 0 Å². The molecule has 0 saturated carbocycles. The second-order valence-corrected chi connectivity index (χ2v) is 12.4. The van der Waals surface area contributed by atoms with Gasteiger partial charge in [-0.3, -0.25) is 0 Å². The van der Waals surface area contributed by atoms with E-state index in [1.54, 1.807) is 0 Å². The van der Waals surface area contributed by atoms with Gasteiger partial charge in [0.2, 0.25) is 0 Å². The van der Waals surface area contributed by atoms with Gasteiger partial charge in [-0.25, -0.2) is 15.0 Å². The molecule has 3 aromatic heterocycles. The number of hydrogen-bond donors (Lipinski definition) is 0. The minimum atomic E-state index is 0.592. The van der Waals surface area contributed by atoms with Crippen LogP contribution < -0.4 is 0 Å². The highest BCUT2D eigenvalue weighted by molar-refractivity contribution is 6.16. The number of benzene rings is 7. The highest BCUT2D eigenvalue weighted by atomic mass is 16.3. The van der Waals surface area contributed by atoms with Crippen LogP contribution in [0.1, 0.15) is 0 Å². The highest BCUT2D eigenvalue weighted by Gasteiger charge is 2.18. The van der Waals surface area contributed by atoms with Gasteiger partial charge in [0.05, 0.1) is 0 Å². The van der Waals surface area contributed by atoms with E-state index >= 15 is 0 Å². The molecule has 0 aliphatic carbocycles. The standard InChI is InChI=1S/C45H27N3O2/c1-4-12-28(13-5-1)34-19-10-20-37-41-33(18-11-21-38(41)50-42(34)37)31-22-24-35-36-25-23-32(27-40(36)49-39(35)26-31)45-47-43(29-14-6-2-7-15-29)46-44(48-45)30-16-8-3-9-17-30/h1-27H. The van der Waals surface area contributed by atoms with Gasteiger partial charge in [-0.2, -0.15) is 0 Å². The fraction of sp³-hybridized carbons (Fsp3) is 0. The first-order chi connectivity index (χ1) is 24.8.